The van der Waals surface area contributed by atoms with Gasteiger partial charge in [-0.3, -0.25) is 4.79 Å². The molecular formula is C12H14ClF3N4O. The minimum Gasteiger partial charge on any atom is -0.368 e. The van der Waals surface area contributed by atoms with Crippen LogP contribution in [0, 0.1) is 0 Å². The van der Waals surface area contributed by atoms with Crippen molar-refractivity contribution in [2.45, 2.75) is 37.9 Å². The molecular weight excluding hydrogens is 309 g/mol. The van der Waals surface area contributed by atoms with E-state index in [9.17, 15) is 18.0 Å². The van der Waals surface area contributed by atoms with Crippen molar-refractivity contribution < 1.29 is 18.0 Å². The Morgan fingerprint density at radius 1 is 1.38 bits per heavy atom. The summed E-state index contributed by atoms with van der Waals surface area (Å²) in [6.07, 6.45) is -1.25. The van der Waals surface area contributed by atoms with E-state index in [0.29, 0.717) is 0 Å². The highest BCUT2D eigenvalue weighted by atomic mass is 35.5. The van der Waals surface area contributed by atoms with Gasteiger partial charge in [-0.2, -0.15) is 13.2 Å². The fraction of sp³-hybridized carbons (Fsp3) is 0.583. The van der Waals surface area contributed by atoms with Gasteiger partial charge in [0, 0.05) is 12.1 Å². The predicted molar refractivity (Wildman–Crippen MR) is 70.8 cm³/mol. The minimum atomic E-state index is -4.70. The van der Waals surface area contributed by atoms with E-state index in [2.05, 4.69) is 9.97 Å². The summed E-state index contributed by atoms with van der Waals surface area (Å²) in [5, 5.41) is -0.320. The van der Waals surface area contributed by atoms with Crippen molar-refractivity contribution in [3.05, 3.63) is 17.0 Å². The van der Waals surface area contributed by atoms with E-state index < -0.39 is 17.9 Å². The van der Waals surface area contributed by atoms with Crippen molar-refractivity contribution in [1.29, 1.82) is 0 Å². The van der Waals surface area contributed by atoms with E-state index >= 15 is 0 Å². The van der Waals surface area contributed by atoms with Crippen LogP contribution in [0.1, 0.15) is 31.5 Å². The molecule has 0 radical (unpaired) electrons. The molecule has 0 spiro atoms. The van der Waals surface area contributed by atoms with Gasteiger partial charge in [0.1, 0.15) is 11.0 Å². The number of carbonyl (C=O) groups excluding carboxylic acids is 1. The van der Waals surface area contributed by atoms with Crippen LogP contribution < -0.4 is 10.6 Å². The van der Waals surface area contributed by atoms with Gasteiger partial charge in [0.2, 0.25) is 11.7 Å². The number of hydrogen-bond acceptors (Lipinski definition) is 4. The number of hydrogen-bond donors (Lipinski definition) is 1. The van der Waals surface area contributed by atoms with Gasteiger partial charge in [-0.25, -0.2) is 9.97 Å². The minimum absolute atomic E-state index is 0.0203. The zero-order chi connectivity index (χ0) is 15.6. The summed E-state index contributed by atoms with van der Waals surface area (Å²) in [4.78, 5) is 19.4. The maximum absolute atomic E-state index is 12.8. The first-order valence-electron chi connectivity index (χ1n) is 6.44. The monoisotopic (exact) mass is 322 g/mol. The Hall–Kier alpha value is -1.57. The number of rotatable bonds is 4. The topological polar surface area (TPSA) is 72.1 Å². The summed E-state index contributed by atoms with van der Waals surface area (Å²) in [5.41, 5.74) is 5.18. The number of alkyl halides is 3. The standard InChI is InChI=1S/C12H14ClF3N4O/c13-8-5-10(19-11(18-8)12(14,15)16)20(6-9(17)21)7-3-1-2-4-7/h5,7H,1-4,6H2,(H2,17,21). The summed E-state index contributed by atoms with van der Waals surface area (Å²) >= 11 is 5.65. The Labute approximate surface area is 124 Å². The molecule has 0 aromatic carbocycles. The van der Waals surface area contributed by atoms with Crippen LogP contribution in [0.3, 0.4) is 0 Å². The molecule has 5 nitrogen and oxygen atoms in total. The third-order valence-corrected chi connectivity index (χ3v) is 3.51. The average Bonchev–Trinajstić information content (AvgIpc) is 2.87. The van der Waals surface area contributed by atoms with E-state index in [4.69, 9.17) is 17.3 Å². The van der Waals surface area contributed by atoms with Gasteiger partial charge in [0.05, 0.1) is 6.54 Å². The van der Waals surface area contributed by atoms with Gasteiger partial charge in [-0.15, -0.1) is 0 Å². The van der Waals surface area contributed by atoms with Gasteiger partial charge in [0.25, 0.3) is 0 Å². The van der Waals surface area contributed by atoms with Crippen LogP contribution in [-0.2, 0) is 11.0 Å². The van der Waals surface area contributed by atoms with Crippen LogP contribution in [0.2, 0.25) is 5.15 Å². The second-order valence-corrected chi connectivity index (χ2v) is 5.29. The zero-order valence-electron chi connectivity index (χ0n) is 11.0. The quantitative estimate of drug-likeness (QED) is 0.864. The number of halogens is 4. The summed E-state index contributed by atoms with van der Waals surface area (Å²) in [6, 6.07) is 1.16. The second kappa shape index (κ2) is 6.05. The largest absolute Gasteiger partial charge is 0.451 e. The molecule has 1 fully saturated rings. The van der Waals surface area contributed by atoms with Crippen LogP contribution in [0.4, 0.5) is 19.0 Å². The molecule has 0 bridgehead atoms. The molecule has 0 aliphatic heterocycles. The van der Waals surface area contributed by atoms with Crippen molar-refractivity contribution >= 4 is 23.3 Å². The van der Waals surface area contributed by atoms with Gasteiger partial charge in [-0.1, -0.05) is 24.4 Å². The number of aromatic nitrogens is 2. The molecule has 0 unspecified atom stereocenters. The number of nitrogens with zero attached hydrogens (tertiary/aromatic N) is 3. The smallest absolute Gasteiger partial charge is 0.368 e. The highest BCUT2D eigenvalue weighted by molar-refractivity contribution is 6.29. The molecule has 2 rings (SSSR count). The lowest BCUT2D eigenvalue weighted by Crippen LogP contribution is -2.41. The van der Waals surface area contributed by atoms with Gasteiger partial charge in [-0.05, 0) is 12.8 Å². The molecule has 1 aromatic rings. The Kier molecular flexibility index (Phi) is 4.55. The molecule has 1 heterocycles. The summed E-state index contributed by atoms with van der Waals surface area (Å²) in [6.45, 7) is -0.199. The lowest BCUT2D eigenvalue weighted by molar-refractivity contribution is -0.144. The highest BCUT2D eigenvalue weighted by Gasteiger charge is 2.36. The first-order chi connectivity index (χ1) is 9.77. The molecule has 0 atom stereocenters. The molecule has 0 saturated heterocycles. The summed E-state index contributed by atoms with van der Waals surface area (Å²) < 4.78 is 38.3. The normalized spacial score (nSPS) is 16.2. The van der Waals surface area contributed by atoms with Crippen LogP contribution in [0.25, 0.3) is 0 Å². The Bertz CT molecular complexity index is 532. The Balaban J connectivity index is 2.38. The van der Waals surface area contributed by atoms with Gasteiger partial charge >= 0.3 is 6.18 Å². The van der Waals surface area contributed by atoms with E-state index in [1.54, 1.807) is 0 Å². The number of anilines is 1. The molecule has 1 aromatic heterocycles. The number of amides is 1. The third-order valence-electron chi connectivity index (χ3n) is 3.32. The predicted octanol–water partition coefficient (Wildman–Crippen LogP) is 2.38. The molecule has 1 aliphatic rings. The summed E-state index contributed by atoms with van der Waals surface area (Å²) in [7, 11) is 0. The first-order valence-corrected chi connectivity index (χ1v) is 6.82. The van der Waals surface area contributed by atoms with Crippen LogP contribution in [0.5, 0.6) is 0 Å². The van der Waals surface area contributed by atoms with Crippen molar-refractivity contribution in [2.24, 2.45) is 5.73 Å². The van der Waals surface area contributed by atoms with Gasteiger partial charge in [0.15, 0.2) is 0 Å². The molecule has 21 heavy (non-hydrogen) atoms. The maximum atomic E-state index is 12.8. The van der Waals surface area contributed by atoms with Gasteiger partial charge < -0.3 is 10.6 Å². The van der Waals surface area contributed by atoms with Crippen molar-refractivity contribution in [2.75, 3.05) is 11.4 Å². The van der Waals surface area contributed by atoms with Crippen molar-refractivity contribution in [1.82, 2.24) is 9.97 Å². The number of nitrogens with two attached hydrogens (primary N) is 1. The number of primary amides is 1. The maximum Gasteiger partial charge on any atom is 0.451 e. The van der Waals surface area contributed by atoms with E-state index in [-0.39, 0.29) is 23.6 Å². The Morgan fingerprint density at radius 3 is 2.52 bits per heavy atom. The SMILES string of the molecule is NC(=O)CN(c1cc(Cl)nc(C(F)(F)F)n1)C1CCCC1. The third kappa shape index (κ3) is 3.96. The van der Waals surface area contributed by atoms with Crippen LogP contribution >= 0.6 is 11.6 Å². The second-order valence-electron chi connectivity index (χ2n) is 4.90. The van der Waals surface area contributed by atoms with Crippen molar-refractivity contribution in [3.8, 4) is 0 Å². The van der Waals surface area contributed by atoms with Crippen LogP contribution in [-0.4, -0.2) is 28.5 Å². The summed E-state index contributed by atoms with van der Waals surface area (Å²) in [5.74, 6) is -1.98. The molecule has 1 aliphatic carbocycles. The van der Waals surface area contributed by atoms with Crippen molar-refractivity contribution in [3.63, 3.8) is 0 Å². The van der Waals surface area contributed by atoms with E-state index in [1.807, 2.05) is 0 Å². The Morgan fingerprint density at radius 2 is 2.00 bits per heavy atom. The molecule has 1 amide bonds. The molecule has 9 heteroatoms. The zero-order valence-corrected chi connectivity index (χ0v) is 11.8. The van der Waals surface area contributed by atoms with Crippen LogP contribution in [0.15, 0.2) is 6.07 Å². The fourth-order valence-electron chi connectivity index (χ4n) is 2.46. The highest BCUT2D eigenvalue weighted by Crippen LogP contribution is 2.32. The van der Waals surface area contributed by atoms with E-state index in [0.717, 1.165) is 25.7 Å². The molecule has 1 saturated carbocycles. The molecule has 2 N–H and O–H groups in total. The lowest BCUT2D eigenvalue weighted by Gasteiger charge is -2.29. The molecule has 116 valence electrons. The fourth-order valence-corrected chi connectivity index (χ4v) is 2.64. The lowest BCUT2D eigenvalue weighted by atomic mass is 10.2. The number of carbonyl (C=O) groups is 1. The van der Waals surface area contributed by atoms with E-state index in [1.165, 1.54) is 11.0 Å². The average molecular weight is 323 g/mol. The first kappa shape index (κ1) is 15.8.